The Kier molecular flexibility index (Phi) is 5.27. The van der Waals surface area contributed by atoms with Crippen molar-refractivity contribution in [2.75, 3.05) is 34.4 Å². The Balaban J connectivity index is 1.74. The molecule has 1 amide bonds. The van der Waals surface area contributed by atoms with E-state index in [-0.39, 0.29) is 23.9 Å². The fraction of sp³-hybridized carbons (Fsp3) is 0.316. The number of sulfone groups is 1. The summed E-state index contributed by atoms with van der Waals surface area (Å²) < 4.78 is 41.0. The Labute approximate surface area is 158 Å². The predicted octanol–water partition coefficient (Wildman–Crippen LogP) is 2.01. The molecular formula is C19H21NO6S. The molecule has 0 aromatic heterocycles. The largest absolute Gasteiger partial charge is 0.497 e. The number of carbonyl (C=O) groups excluding carboxylic acids is 1. The summed E-state index contributed by atoms with van der Waals surface area (Å²) in [4.78, 5) is 14.5. The molecule has 2 aromatic rings. The van der Waals surface area contributed by atoms with Crippen LogP contribution < -0.4 is 14.2 Å². The normalized spacial score (nSPS) is 14.4. The fourth-order valence-corrected chi connectivity index (χ4v) is 4.64. The van der Waals surface area contributed by atoms with Crippen molar-refractivity contribution in [3.05, 3.63) is 48.0 Å². The molecule has 0 bridgehead atoms. The van der Waals surface area contributed by atoms with Gasteiger partial charge in [0.2, 0.25) is 0 Å². The molecule has 0 radical (unpaired) electrons. The van der Waals surface area contributed by atoms with Crippen molar-refractivity contribution in [1.29, 1.82) is 0 Å². The smallest absolute Gasteiger partial charge is 0.257 e. The molecule has 27 heavy (non-hydrogen) atoms. The number of benzene rings is 2. The SMILES string of the molecule is COc1ccc(S(=O)(=O)C2CN(C(=O)c3cccc(OC)c3OC)C2)cc1. The van der Waals surface area contributed by atoms with Crippen molar-refractivity contribution in [2.24, 2.45) is 0 Å². The number of rotatable bonds is 6. The van der Waals surface area contributed by atoms with Crippen LogP contribution >= 0.6 is 0 Å². The van der Waals surface area contributed by atoms with Gasteiger partial charge in [-0.1, -0.05) is 6.07 Å². The number of nitrogens with zero attached hydrogens (tertiary/aromatic N) is 1. The number of para-hydroxylation sites is 1. The lowest BCUT2D eigenvalue weighted by molar-refractivity contribution is 0.0654. The molecule has 0 unspecified atom stereocenters. The van der Waals surface area contributed by atoms with Gasteiger partial charge in [0.25, 0.3) is 5.91 Å². The molecule has 1 fully saturated rings. The van der Waals surface area contributed by atoms with Gasteiger partial charge in [-0.05, 0) is 36.4 Å². The predicted molar refractivity (Wildman–Crippen MR) is 99.4 cm³/mol. The van der Waals surface area contributed by atoms with Crippen LogP contribution in [0.25, 0.3) is 0 Å². The average molecular weight is 391 g/mol. The molecule has 2 aromatic carbocycles. The van der Waals surface area contributed by atoms with E-state index < -0.39 is 15.1 Å². The van der Waals surface area contributed by atoms with Gasteiger partial charge in [0.15, 0.2) is 21.3 Å². The molecule has 144 valence electrons. The first-order valence-electron chi connectivity index (χ1n) is 8.30. The monoisotopic (exact) mass is 391 g/mol. The lowest BCUT2D eigenvalue weighted by Crippen LogP contribution is -2.56. The molecule has 0 N–H and O–H groups in total. The lowest BCUT2D eigenvalue weighted by Gasteiger charge is -2.38. The topological polar surface area (TPSA) is 82.1 Å². The second-order valence-corrected chi connectivity index (χ2v) is 8.32. The van der Waals surface area contributed by atoms with Crippen LogP contribution in [0.15, 0.2) is 47.4 Å². The first-order chi connectivity index (χ1) is 12.9. The van der Waals surface area contributed by atoms with E-state index in [1.165, 1.54) is 38.4 Å². The summed E-state index contributed by atoms with van der Waals surface area (Å²) >= 11 is 0. The Hall–Kier alpha value is -2.74. The number of hydrogen-bond acceptors (Lipinski definition) is 6. The maximum atomic E-state index is 12.7. The van der Waals surface area contributed by atoms with Gasteiger partial charge in [0.1, 0.15) is 11.0 Å². The zero-order valence-corrected chi connectivity index (χ0v) is 16.2. The molecule has 0 aliphatic carbocycles. The molecule has 1 aliphatic rings. The van der Waals surface area contributed by atoms with E-state index >= 15 is 0 Å². The molecule has 0 spiro atoms. The maximum Gasteiger partial charge on any atom is 0.257 e. The van der Waals surface area contributed by atoms with Gasteiger partial charge in [0, 0.05) is 13.1 Å². The van der Waals surface area contributed by atoms with Gasteiger partial charge in [-0.25, -0.2) is 8.42 Å². The van der Waals surface area contributed by atoms with E-state index in [9.17, 15) is 13.2 Å². The summed E-state index contributed by atoms with van der Waals surface area (Å²) in [6, 6.07) is 11.3. The highest BCUT2D eigenvalue weighted by Crippen LogP contribution is 2.33. The van der Waals surface area contributed by atoms with E-state index in [0.717, 1.165) is 0 Å². The molecule has 1 saturated heterocycles. The van der Waals surface area contributed by atoms with Crippen LogP contribution in [-0.4, -0.2) is 58.9 Å². The highest BCUT2D eigenvalue weighted by atomic mass is 32.2. The minimum absolute atomic E-state index is 0.132. The van der Waals surface area contributed by atoms with E-state index in [4.69, 9.17) is 14.2 Å². The second kappa shape index (κ2) is 7.48. The third kappa shape index (κ3) is 3.44. The number of methoxy groups -OCH3 is 3. The van der Waals surface area contributed by atoms with Crippen LogP contribution in [-0.2, 0) is 9.84 Å². The van der Waals surface area contributed by atoms with Gasteiger partial charge in [-0.15, -0.1) is 0 Å². The Morgan fingerprint density at radius 1 is 0.963 bits per heavy atom. The van der Waals surface area contributed by atoms with Crippen molar-refractivity contribution in [3.8, 4) is 17.2 Å². The van der Waals surface area contributed by atoms with Crippen LogP contribution in [0.5, 0.6) is 17.2 Å². The number of carbonyl (C=O) groups is 1. The van der Waals surface area contributed by atoms with Gasteiger partial charge in [-0.3, -0.25) is 4.79 Å². The number of amides is 1. The lowest BCUT2D eigenvalue weighted by atomic mass is 10.1. The quantitative estimate of drug-likeness (QED) is 0.749. The number of hydrogen-bond donors (Lipinski definition) is 0. The molecule has 3 rings (SSSR count). The summed E-state index contributed by atoms with van der Waals surface area (Å²) in [6.07, 6.45) is 0. The second-order valence-electron chi connectivity index (χ2n) is 6.09. The molecular weight excluding hydrogens is 370 g/mol. The van der Waals surface area contributed by atoms with E-state index in [0.29, 0.717) is 22.8 Å². The van der Waals surface area contributed by atoms with E-state index in [2.05, 4.69) is 0 Å². The van der Waals surface area contributed by atoms with Gasteiger partial charge >= 0.3 is 0 Å². The molecule has 7 nitrogen and oxygen atoms in total. The Bertz CT molecular complexity index is 933. The molecule has 1 aliphatic heterocycles. The van der Waals surface area contributed by atoms with Crippen molar-refractivity contribution >= 4 is 15.7 Å². The van der Waals surface area contributed by atoms with Crippen LogP contribution in [0.4, 0.5) is 0 Å². The average Bonchev–Trinajstić information content (AvgIpc) is 2.65. The van der Waals surface area contributed by atoms with Crippen LogP contribution in [0.3, 0.4) is 0 Å². The summed E-state index contributed by atoms with van der Waals surface area (Å²) in [5, 5.41) is -0.633. The first kappa shape index (κ1) is 19.0. The zero-order chi connectivity index (χ0) is 19.6. The van der Waals surface area contributed by atoms with Crippen molar-refractivity contribution < 1.29 is 27.4 Å². The third-order valence-electron chi connectivity index (χ3n) is 4.60. The van der Waals surface area contributed by atoms with E-state index in [1.807, 2.05) is 0 Å². The first-order valence-corrected chi connectivity index (χ1v) is 9.85. The van der Waals surface area contributed by atoms with E-state index in [1.54, 1.807) is 30.3 Å². The highest BCUT2D eigenvalue weighted by Gasteiger charge is 2.41. The summed E-state index contributed by atoms with van der Waals surface area (Å²) in [7, 11) is 0.963. The zero-order valence-electron chi connectivity index (χ0n) is 15.3. The third-order valence-corrected chi connectivity index (χ3v) is 6.70. The van der Waals surface area contributed by atoms with Crippen LogP contribution in [0, 0.1) is 0 Å². The maximum absolute atomic E-state index is 12.7. The summed E-state index contributed by atoms with van der Waals surface area (Å²) in [5.74, 6) is 1.09. The van der Waals surface area contributed by atoms with Crippen molar-refractivity contribution in [1.82, 2.24) is 4.90 Å². The number of ether oxygens (including phenoxy) is 3. The van der Waals surface area contributed by atoms with Gasteiger partial charge < -0.3 is 19.1 Å². The molecule has 0 saturated carbocycles. The Morgan fingerprint density at radius 2 is 1.63 bits per heavy atom. The Morgan fingerprint density at radius 3 is 2.19 bits per heavy atom. The molecule has 8 heteroatoms. The van der Waals surface area contributed by atoms with Crippen molar-refractivity contribution in [2.45, 2.75) is 10.1 Å². The summed E-state index contributed by atoms with van der Waals surface area (Å²) in [5.41, 5.74) is 0.345. The van der Waals surface area contributed by atoms with Gasteiger partial charge in [-0.2, -0.15) is 0 Å². The standard InChI is InChI=1S/C19H21NO6S/c1-24-13-7-9-14(10-8-13)27(22,23)15-11-20(12-15)19(21)16-5-4-6-17(25-2)18(16)26-3/h4-10,15H,11-12H2,1-3H3. The molecule has 0 atom stereocenters. The van der Waals surface area contributed by atoms with Crippen molar-refractivity contribution in [3.63, 3.8) is 0 Å². The fourth-order valence-electron chi connectivity index (χ4n) is 2.98. The van der Waals surface area contributed by atoms with Crippen LogP contribution in [0.1, 0.15) is 10.4 Å². The minimum atomic E-state index is -3.51. The highest BCUT2D eigenvalue weighted by molar-refractivity contribution is 7.92. The minimum Gasteiger partial charge on any atom is -0.497 e. The van der Waals surface area contributed by atoms with Crippen LogP contribution in [0.2, 0.25) is 0 Å². The molecule has 1 heterocycles. The van der Waals surface area contributed by atoms with Gasteiger partial charge in [0.05, 0.1) is 31.8 Å². The number of likely N-dealkylation sites (tertiary alicyclic amines) is 1. The summed E-state index contributed by atoms with van der Waals surface area (Å²) in [6.45, 7) is 0.265.